The molecule has 0 fully saturated rings. The fraction of sp³-hybridized carbons (Fsp3) is 0.118. The van der Waals surface area contributed by atoms with Crippen molar-refractivity contribution in [1.82, 2.24) is 10.2 Å². The van der Waals surface area contributed by atoms with Crippen molar-refractivity contribution < 1.29 is 17.6 Å². The molecule has 0 saturated carbocycles. The molecule has 0 spiro atoms. The predicted octanol–water partition coefficient (Wildman–Crippen LogP) is 2.10. The molecule has 10 heteroatoms. The zero-order valence-electron chi connectivity index (χ0n) is 14.4. The van der Waals surface area contributed by atoms with Crippen LogP contribution in [0.4, 0.5) is 11.4 Å². The van der Waals surface area contributed by atoms with Gasteiger partial charge >= 0.3 is 5.76 Å². The highest BCUT2D eigenvalue weighted by molar-refractivity contribution is 7.92. The summed E-state index contributed by atoms with van der Waals surface area (Å²) in [6.45, 7) is 3.09. The van der Waals surface area contributed by atoms with Gasteiger partial charge in [-0.1, -0.05) is 18.2 Å². The number of para-hydroxylation sites is 1. The average molecular weight is 388 g/mol. The van der Waals surface area contributed by atoms with Gasteiger partial charge in [-0.15, -0.1) is 5.10 Å². The van der Waals surface area contributed by atoms with Crippen LogP contribution in [0.2, 0.25) is 0 Å². The minimum absolute atomic E-state index is 0.0323. The summed E-state index contributed by atoms with van der Waals surface area (Å²) < 4.78 is 32.9. The van der Waals surface area contributed by atoms with Gasteiger partial charge in [-0.3, -0.25) is 9.52 Å². The molecular formula is C17H16N4O5S. The van der Waals surface area contributed by atoms with E-state index in [1.807, 2.05) is 0 Å². The summed E-state index contributed by atoms with van der Waals surface area (Å²) in [5.74, 6) is -1.10. The topological polar surface area (TPSA) is 134 Å². The predicted molar refractivity (Wildman–Crippen MR) is 98.9 cm³/mol. The summed E-state index contributed by atoms with van der Waals surface area (Å²) in [5.41, 5.74) is 1.61. The van der Waals surface area contributed by atoms with Gasteiger partial charge in [0, 0.05) is 12.6 Å². The van der Waals surface area contributed by atoms with E-state index in [0.717, 1.165) is 5.56 Å². The first-order valence-electron chi connectivity index (χ1n) is 7.82. The molecule has 3 rings (SSSR count). The van der Waals surface area contributed by atoms with Crippen LogP contribution in [0.3, 0.4) is 0 Å². The molecule has 3 aromatic rings. The Kier molecular flexibility index (Phi) is 4.82. The second-order valence-electron chi connectivity index (χ2n) is 5.73. The molecule has 27 heavy (non-hydrogen) atoms. The number of benzene rings is 2. The smallest absolute Gasteiger partial charge is 0.388 e. The maximum atomic E-state index is 12.8. The van der Waals surface area contributed by atoms with Gasteiger partial charge in [-0.25, -0.2) is 18.3 Å². The number of carbonyl (C=O) groups excluding carboxylic acids is 1. The molecule has 9 nitrogen and oxygen atoms in total. The Morgan fingerprint density at radius 3 is 2.56 bits per heavy atom. The van der Waals surface area contributed by atoms with Crippen LogP contribution in [0.25, 0.3) is 11.5 Å². The number of carbonyl (C=O) groups is 1. The molecule has 1 heterocycles. The normalized spacial score (nSPS) is 11.2. The van der Waals surface area contributed by atoms with Crippen LogP contribution in [-0.4, -0.2) is 24.5 Å². The number of aromatic nitrogens is 2. The Balaban J connectivity index is 1.99. The van der Waals surface area contributed by atoms with Crippen LogP contribution in [0, 0.1) is 6.92 Å². The van der Waals surface area contributed by atoms with Gasteiger partial charge < -0.3 is 9.73 Å². The lowest BCUT2D eigenvalue weighted by atomic mass is 10.2. The monoisotopic (exact) mass is 388 g/mol. The van der Waals surface area contributed by atoms with Crippen LogP contribution in [-0.2, 0) is 14.8 Å². The highest BCUT2D eigenvalue weighted by Crippen LogP contribution is 2.28. The van der Waals surface area contributed by atoms with Crippen molar-refractivity contribution in [3.8, 4) is 11.5 Å². The van der Waals surface area contributed by atoms with E-state index in [0.29, 0.717) is 11.3 Å². The third-order valence-electron chi connectivity index (χ3n) is 3.67. The number of rotatable bonds is 5. The van der Waals surface area contributed by atoms with E-state index in [-0.39, 0.29) is 22.4 Å². The van der Waals surface area contributed by atoms with E-state index in [9.17, 15) is 18.0 Å². The number of nitrogens with zero attached hydrogens (tertiary/aromatic N) is 1. The largest absolute Gasteiger partial charge is 0.434 e. The molecule has 0 aliphatic rings. The van der Waals surface area contributed by atoms with Gasteiger partial charge in [-0.2, -0.15) is 0 Å². The van der Waals surface area contributed by atoms with Crippen LogP contribution < -0.4 is 15.8 Å². The molecule has 0 radical (unpaired) electrons. The first kappa shape index (κ1) is 18.4. The van der Waals surface area contributed by atoms with E-state index < -0.39 is 15.8 Å². The summed E-state index contributed by atoms with van der Waals surface area (Å²) in [7, 11) is -3.97. The fourth-order valence-electron chi connectivity index (χ4n) is 2.40. The van der Waals surface area contributed by atoms with E-state index >= 15 is 0 Å². The Hall–Kier alpha value is -3.40. The third-order valence-corrected chi connectivity index (χ3v) is 5.03. The Labute approximate surface area is 154 Å². The molecule has 2 aromatic carbocycles. The van der Waals surface area contributed by atoms with Crippen molar-refractivity contribution in [2.45, 2.75) is 18.7 Å². The number of hydrogen-bond acceptors (Lipinski definition) is 6. The Bertz CT molecular complexity index is 1160. The summed E-state index contributed by atoms with van der Waals surface area (Å²) in [4.78, 5) is 22.4. The third kappa shape index (κ3) is 4.06. The molecule has 3 N–H and O–H groups in total. The lowest BCUT2D eigenvalue weighted by Crippen LogP contribution is -2.15. The molecule has 0 saturated heterocycles. The quantitative estimate of drug-likeness (QED) is 0.613. The molecule has 0 aliphatic carbocycles. The molecule has 1 aromatic heterocycles. The van der Waals surface area contributed by atoms with Crippen molar-refractivity contribution in [2.75, 3.05) is 10.0 Å². The molecule has 0 bridgehead atoms. The lowest BCUT2D eigenvalue weighted by molar-refractivity contribution is -0.114. The zero-order chi connectivity index (χ0) is 19.6. The summed E-state index contributed by atoms with van der Waals surface area (Å²) in [6.07, 6.45) is 0. The van der Waals surface area contributed by atoms with Crippen LogP contribution in [0.15, 0.2) is 56.6 Å². The second kappa shape index (κ2) is 7.08. The van der Waals surface area contributed by atoms with Crippen LogP contribution in [0.5, 0.6) is 0 Å². The molecule has 0 unspecified atom stereocenters. The van der Waals surface area contributed by atoms with Crippen molar-refractivity contribution in [3.05, 3.63) is 58.6 Å². The molecule has 1 amide bonds. The number of H-pyrrole nitrogens is 1. The number of anilines is 2. The van der Waals surface area contributed by atoms with E-state index in [4.69, 9.17) is 4.42 Å². The molecule has 0 aliphatic heterocycles. The minimum atomic E-state index is -3.97. The standard InChI is InChI=1S/C17H16N4O5S/c1-10-7-8-12(9-15(10)18-11(2)22)27(24,25)21-14-6-4-3-5-13(14)16-19-20-17(23)26-16/h3-9,21H,1-2H3,(H,18,22)(H,20,23). The zero-order valence-corrected chi connectivity index (χ0v) is 15.3. The van der Waals surface area contributed by atoms with Crippen molar-refractivity contribution in [2.24, 2.45) is 0 Å². The van der Waals surface area contributed by atoms with Gasteiger partial charge in [-0.05, 0) is 36.8 Å². The van der Waals surface area contributed by atoms with E-state index in [2.05, 4.69) is 20.2 Å². The highest BCUT2D eigenvalue weighted by Gasteiger charge is 2.19. The van der Waals surface area contributed by atoms with Crippen LogP contribution in [0.1, 0.15) is 12.5 Å². The fourth-order valence-corrected chi connectivity index (χ4v) is 3.51. The van der Waals surface area contributed by atoms with Gasteiger partial charge in [0.1, 0.15) is 0 Å². The van der Waals surface area contributed by atoms with Gasteiger partial charge in [0.05, 0.1) is 16.1 Å². The van der Waals surface area contributed by atoms with E-state index in [1.165, 1.54) is 25.1 Å². The Morgan fingerprint density at radius 2 is 1.89 bits per heavy atom. The highest BCUT2D eigenvalue weighted by atomic mass is 32.2. The molecule has 0 atom stereocenters. The first-order valence-corrected chi connectivity index (χ1v) is 9.30. The second-order valence-corrected chi connectivity index (χ2v) is 7.41. The number of amides is 1. The molecular weight excluding hydrogens is 372 g/mol. The first-order chi connectivity index (χ1) is 12.8. The lowest BCUT2D eigenvalue weighted by Gasteiger charge is -2.13. The molecule has 140 valence electrons. The maximum Gasteiger partial charge on any atom is 0.434 e. The van der Waals surface area contributed by atoms with Crippen molar-refractivity contribution >= 4 is 27.3 Å². The number of aromatic amines is 1. The summed E-state index contributed by atoms with van der Waals surface area (Å²) in [6, 6.07) is 10.8. The van der Waals surface area contributed by atoms with Gasteiger partial charge in [0.15, 0.2) is 0 Å². The maximum absolute atomic E-state index is 12.8. The van der Waals surface area contributed by atoms with Gasteiger partial charge in [0.25, 0.3) is 15.9 Å². The number of nitrogens with one attached hydrogen (secondary N) is 3. The summed E-state index contributed by atoms with van der Waals surface area (Å²) >= 11 is 0. The summed E-state index contributed by atoms with van der Waals surface area (Å²) in [5, 5.41) is 8.45. The van der Waals surface area contributed by atoms with Gasteiger partial charge in [0.2, 0.25) is 5.91 Å². The minimum Gasteiger partial charge on any atom is -0.388 e. The van der Waals surface area contributed by atoms with Crippen molar-refractivity contribution in [1.29, 1.82) is 0 Å². The number of sulfonamides is 1. The average Bonchev–Trinajstić information content (AvgIpc) is 3.02. The Morgan fingerprint density at radius 1 is 1.15 bits per heavy atom. The number of aryl methyl sites for hydroxylation is 1. The van der Waals surface area contributed by atoms with E-state index in [1.54, 1.807) is 31.2 Å². The SMILES string of the molecule is CC(=O)Nc1cc(S(=O)(=O)Nc2ccccc2-c2n[nH]c(=O)o2)ccc1C. The van der Waals surface area contributed by atoms with Crippen LogP contribution >= 0.6 is 0 Å². The van der Waals surface area contributed by atoms with Crippen molar-refractivity contribution in [3.63, 3.8) is 0 Å². The number of hydrogen-bond donors (Lipinski definition) is 3.